The Bertz CT molecular complexity index is 1340. The fraction of sp³-hybridized carbons (Fsp3) is 0.385. The molecule has 2 amide bonds. The van der Waals surface area contributed by atoms with Crippen molar-refractivity contribution in [2.75, 3.05) is 38.7 Å². The van der Waals surface area contributed by atoms with Crippen LogP contribution in [0.15, 0.2) is 48.7 Å². The molecule has 1 aliphatic rings. The van der Waals surface area contributed by atoms with Crippen molar-refractivity contribution < 1.29 is 55.7 Å². The molecule has 1 aliphatic heterocycles. The van der Waals surface area contributed by atoms with Gasteiger partial charge in [0, 0.05) is 38.0 Å². The van der Waals surface area contributed by atoms with Gasteiger partial charge in [0.25, 0.3) is 0 Å². The van der Waals surface area contributed by atoms with Crippen molar-refractivity contribution in [2.45, 2.75) is 31.2 Å². The van der Waals surface area contributed by atoms with E-state index in [0.717, 1.165) is 41.8 Å². The Balaban J connectivity index is 0.000000384. The molecule has 4 rings (SSSR count). The predicted octanol–water partition coefficient (Wildman–Crippen LogP) is 4.37. The molecule has 0 radical (unpaired) electrons. The van der Waals surface area contributed by atoms with Crippen LogP contribution in [-0.2, 0) is 14.3 Å². The number of methoxy groups -OCH3 is 1. The molecule has 2 atom stereocenters. The van der Waals surface area contributed by atoms with E-state index in [1.165, 1.54) is 5.56 Å². The number of carbonyl (C=O) groups is 3. The minimum atomic E-state index is -5.08. The number of aromatic amines is 1. The Morgan fingerprint density at radius 3 is 2.12 bits per heavy atom. The maximum absolute atomic E-state index is 12.8. The number of alkyl halides is 6. The number of likely N-dealkylation sites (tertiary alicyclic amines) is 1. The molecule has 2 heterocycles. The standard InChI is InChI=1S/C22H27N5O2.2C2HF3O2/c1-15-8-9-19(21-17(15)12-23-26-21)24-22(28)25-20-14-27(10-11-29-2)13-18(20)16-6-4-3-5-7-16;2*3-2(4,5)1(6)7/h3-9,12,18,20H,10-11,13-14H2,1-2H3,(H,23,26)(H2,24,25,28);2*(H,6,7)/t18-,20+;;/m0../s1. The lowest BCUT2D eigenvalue weighted by atomic mass is 9.94. The lowest BCUT2D eigenvalue weighted by Gasteiger charge is -2.20. The van der Waals surface area contributed by atoms with E-state index < -0.39 is 24.3 Å². The number of aromatic nitrogens is 2. The summed E-state index contributed by atoms with van der Waals surface area (Å²) in [5.41, 5.74) is 3.93. The number of amides is 2. The quantitative estimate of drug-likeness (QED) is 0.254. The number of hydrogen-bond donors (Lipinski definition) is 5. The first-order valence-corrected chi connectivity index (χ1v) is 12.4. The second-order valence-corrected chi connectivity index (χ2v) is 9.17. The average molecular weight is 622 g/mol. The van der Waals surface area contributed by atoms with Crippen molar-refractivity contribution in [1.82, 2.24) is 20.4 Å². The summed E-state index contributed by atoms with van der Waals surface area (Å²) in [5.74, 6) is -5.27. The zero-order valence-corrected chi connectivity index (χ0v) is 22.8. The normalized spacial score (nSPS) is 16.8. The topological polar surface area (TPSA) is 157 Å². The molecule has 3 aromatic rings. The van der Waals surface area contributed by atoms with Crippen molar-refractivity contribution in [3.8, 4) is 0 Å². The highest BCUT2D eigenvalue weighted by molar-refractivity contribution is 6.00. The van der Waals surface area contributed by atoms with Crippen LogP contribution >= 0.6 is 0 Å². The number of aliphatic carboxylic acids is 2. The van der Waals surface area contributed by atoms with Gasteiger partial charge in [-0.25, -0.2) is 14.4 Å². The number of carbonyl (C=O) groups excluding carboxylic acids is 1. The summed E-state index contributed by atoms with van der Waals surface area (Å²) in [5, 5.41) is 28.5. The smallest absolute Gasteiger partial charge is 0.475 e. The van der Waals surface area contributed by atoms with Gasteiger partial charge in [-0.05, 0) is 24.1 Å². The molecular weight excluding hydrogens is 592 g/mol. The van der Waals surface area contributed by atoms with Crippen LogP contribution in [0.1, 0.15) is 17.0 Å². The highest BCUT2D eigenvalue weighted by atomic mass is 19.4. The van der Waals surface area contributed by atoms with Crippen molar-refractivity contribution in [1.29, 1.82) is 0 Å². The van der Waals surface area contributed by atoms with Gasteiger partial charge in [0.2, 0.25) is 0 Å². The number of nitrogens with zero attached hydrogens (tertiary/aromatic N) is 2. The summed E-state index contributed by atoms with van der Waals surface area (Å²) in [4.78, 5) is 32.9. The van der Waals surface area contributed by atoms with Gasteiger partial charge in [-0.2, -0.15) is 31.4 Å². The third kappa shape index (κ3) is 10.8. The van der Waals surface area contributed by atoms with E-state index in [-0.39, 0.29) is 18.0 Å². The van der Waals surface area contributed by atoms with E-state index in [1.807, 2.05) is 37.3 Å². The third-order valence-corrected chi connectivity index (χ3v) is 6.12. The molecule has 2 aromatic carbocycles. The second kappa shape index (κ2) is 15.2. The van der Waals surface area contributed by atoms with Gasteiger partial charge >= 0.3 is 30.3 Å². The number of H-pyrrole nitrogens is 1. The monoisotopic (exact) mass is 621 g/mol. The van der Waals surface area contributed by atoms with Crippen LogP contribution in [0.5, 0.6) is 0 Å². The number of carboxylic acids is 2. The number of nitrogens with one attached hydrogen (secondary N) is 3. The van der Waals surface area contributed by atoms with Crippen LogP contribution < -0.4 is 10.6 Å². The van der Waals surface area contributed by atoms with Crippen LogP contribution in [-0.4, -0.2) is 95.0 Å². The first kappa shape index (κ1) is 34.8. The van der Waals surface area contributed by atoms with Gasteiger partial charge in [0.1, 0.15) is 0 Å². The molecular formula is C26H29F6N5O6. The summed E-state index contributed by atoms with van der Waals surface area (Å²) in [6.07, 6.45) is -8.39. The molecule has 11 nitrogen and oxygen atoms in total. The fourth-order valence-corrected chi connectivity index (χ4v) is 4.08. The molecule has 1 saturated heterocycles. The fourth-order valence-electron chi connectivity index (χ4n) is 4.08. The van der Waals surface area contributed by atoms with Crippen LogP contribution in [0.25, 0.3) is 10.9 Å². The molecule has 43 heavy (non-hydrogen) atoms. The van der Waals surface area contributed by atoms with Crippen molar-refractivity contribution in [3.63, 3.8) is 0 Å². The van der Waals surface area contributed by atoms with Crippen LogP contribution in [0, 0.1) is 6.92 Å². The Morgan fingerprint density at radius 1 is 1.00 bits per heavy atom. The molecule has 1 aromatic heterocycles. The van der Waals surface area contributed by atoms with E-state index in [4.69, 9.17) is 24.5 Å². The average Bonchev–Trinajstić information content (AvgIpc) is 3.57. The van der Waals surface area contributed by atoms with E-state index >= 15 is 0 Å². The number of hydrogen-bond acceptors (Lipinski definition) is 6. The number of aryl methyl sites for hydroxylation is 1. The van der Waals surface area contributed by atoms with Crippen LogP contribution in [0.3, 0.4) is 0 Å². The maximum atomic E-state index is 12.8. The SMILES string of the molecule is COCCN1C[C@@H](NC(=O)Nc2ccc(C)c3cn[nH]c23)[C@H](c2ccccc2)C1.O=C(O)C(F)(F)F.O=C(O)C(F)(F)F. The molecule has 0 unspecified atom stereocenters. The van der Waals surface area contributed by atoms with Gasteiger partial charge in [0.15, 0.2) is 0 Å². The Labute approximate surface area is 240 Å². The summed E-state index contributed by atoms with van der Waals surface area (Å²) in [6, 6.07) is 14.1. The lowest BCUT2D eigenvalue weighted by Crippen LogP contribution is -2.42. The first-order valence-electron chi connectivity index (χ1n) is 12.4. The zero-order chi connectivity index (χ0) is 32.4. The van der Waals surface area contributed by atoms with E-state index in [2.05, 4.69) is 37.9 Å². The van der Waals surface area contributed by atoms with Crippen molar-refractivity contribution in [3.05, 3.63) is 59.8 Å². The number of benzene rings is 2. The number of halogens is 6. The first-order chi connectivity index (χ1) is 20.0. The Kier molecular flexibility index (Phi) is 12.3. The van der Waals surface area contributed by atoms with Crippen molar-refractivity contribution >= 4 is 34.6 Å². The second-order valence-electron chi connectivity index (χ2n) is 9.17. The zero-order valence-electron chi connectivity index (χ0n) is 22.8. The Morgan fingerprint density at radius 2 is 1.58 bits per heavy atom. The van der Waals surface area contributed by atoms with Gasteiger partial charge < -0.3 is 25.6 Å². The summed E-state index contributed by atoms with van der Waals surface area (Å²) >= 11 is 0. The van der Waals surface area contributed by atoms with E-state index in [0.29, 0.717) is 6.61 Å². The maximum Gasteiger partial charge on any atom is 0.490 e. The van der Waals surface area contributed by atoms with E-state index in [9.17, 15) is 31.1 Å². The van der Waals surface area contributed by atoms with Gasteiger partial charge in [-0.3, -0.25) is 10.00 Å². The summed E-state index contributed by atoms with van der Waals surface area (Å²) < 4.78 is 68.7. The number of ether oxygens (including phenoxy) is 1. The van der Waals surface area contributed by atoms with Gasteiger partial charge in [-0.15, -0.1) is 0 Å². The number of rotatable bonds is 6. The largest absolute Gasteiger partial charge is 0.490 e. The van der Waals surface area contributed by atoms with E-state index in [1.54, 1.807) is 13.3 Å². The minimum Gasteiger partial charge on any atom is -0.475 e. The van der Waals surface area contributed by atoms with Crippen molar-refractivity contribution in [2.24, 2.45) is 0 Å². The molecule has 1 fully saturated rings. The Hall–Kier alpha value is -4.38. The predicted molar refractivity (Wildman–Crippen MR) is 142 cm³/mol. The highest BCUT2D eigenvalue weighted by Gasteiger charge is 2.39. The molecule has 5 N–H and O–H groups in total. The lowest BCUT2D eigenvalue weighted by molar-refractivity contribution is -0.193. The molecule has 0 aliphatic carbocycles. The molecule has 236 valence electrons. The summed E-state index contributed by atoms with van der Waals surface area (Å²) in [7, 11) is 1.71. The van der Waals surface area contributed by atoms with Gasteiger partial charge in [-0.1, -0.05) is 36.4 Å². The summed E-state index contributed by atoms with van der Waals surface area (Å²) in [6.45, 7) is 5.25. The number of carboxylic acid groups (broad SMARTS) is 2. The molecule has 17 heteroatoms. The van der Waals surface area contributed by atoms with Crippen LogP contribution in [0.2, 0.25) is 0 Å². The number of anilines is 1. The van der Waals surface area contributed by atoms with Crippen LogP contribution in [0.4, 0.5) is 36.8 Å². The molecule has 0 spiro atoms. The molecule has 0 saturated carbocycles. The molecule has 0 bridgehead atoms. The highest BCUT2D eigenvalue weighted by Crippen LogP contribution is 2.28. The third-order valence-electron chi connectivity index (χ3n) is 6.12. The number of fused-ring (bicyclic) bond motifs is 1. The van der Waals surface area contributed by atoms with Gasteiger partial charge in [0.05, 0.1) is 30.0 Å². The minimum absolute atomic E-state index is 0.0250. The number of urea groups is 1.